The number of hydrogen-bond acceptors (Lipinski definition) is 5. The third-order valence-electron chi connectivity index (χ3n) is 5.11. The first-order valence-corrected chi connectivity index (χ1v) is 9.96. The van der Waals surface area contributed by atoms with Crippen molar-refractivity contribution < 1.29 is 14.3 Å². The van der Waals surface area contributed by atoms with Crippen LogP contribution in [0, 0.1) is 13.8 Å². The summed E-state index contributed by atoms with van der Waals surface area (Å²) in [6.45, 7) is 4.34. The molecular formula is C23H25N5O3. The number of ether oxygens (including phenoxy) is 2. The predicted molar refractivity (Wildman–Crippen MR) is 118 cm³/mol. The van der Waals surface area contributed by atoms with Gasteiger partial charge in [0, 0.05) is 30.2 Å². The van der Waals surface area contributed by atoms with Crippen molar-refractivity contribution in [1.29, 1.82) is 0 Å². The molecule has 0 spiro atoms. The van der Waals surface area contributed by atoms with Gasteiger partial charge in [-0.2, -0.15) is 5.10 Å². The first-order chi connectivity index (χ1) is 15.0. The van der Waals surface area contributed by atoms with E-state index in [2.05, 4.69) is 10.3 Å². The van der Waals surface area contributed by atoms with E-state index in [0.717, 1.165) is 28.0 Å². The molecule has 0 saturated carbocycles. The third kappa shape index (κ3) is 3.96. The van der Waals surface area contributed by atoms with Crippen LogP contribution in [0.25, 0.3) is 16.9 Å². The van der Waals surface area contributed by atoms with Gasteiger partial charge in [0.2, 0.25) is 5.91 Å². The zero-order chi connectivity index (χ0) is 22.0. The van der Waals surface area contributed by atoms with Gasteiger partial charge in [-0.05, 0) is 43.7 Å². The number of fused-ring (bicyclic) bond motifs is 1. The van der Waals surface area contributed by atoms with E-state index in [0.29, 0.717) is 23.7 Å². The Hall–Kier alpha value is -3.81. The van der Waals surface area contributed by atoms with E-state index in [4.69, 9.17) is 14.6 Å². The number of carbonyl (C=O) groups excluding carboxylic acids is 1. The number of aromatic nitrogens is 4. The maximum absolute atomic E-state index is 12.8. The SMILES string of the molecule is COc1cccc(CNC(=O)Cn2nc(-n3cccc3)c3c(C)cc(C)nc32)c1OC. The molecule has 8 heteroatoms. The number of amides is 1. The Morgan fingerprint density at radius 3 is 2.58 bits per heavy atom. The van der Waals surface area contributed by atoms with E-state index in [1.165, 1.54) is 0 Å². The van der Waals surface area contributed by atoms with Crippen molar-refractivity contribution in [2.75, 3.05) is 14.2 Å². The second-order valence-electron chi connectivity index (χ2n) is 7.28. The fourth-order valence-electron chi connectivity index (χ4n) is 3.74. The van der Waals surface area contributed by atoms with E-state index in [1.54, 1.807) is 18.9 Å². The molecule has 0 aliphatic rings. The average molecular weight is 419 g/mol. The van der Waals surface area contributed by atoms with Crippen LogP contribution < -0.4 is 14.8 Å². The fraction of sp³-hybridized carbons (Fsp3) is 0.261. The van der Waals surface area contributed by atoms with Gasteiger partial charge in [0.15, 0.2) is 23.0 Å². The minimum Gasteiger partial charge on any atom is -0.493 e. The number of nitrogens with one attached hydrogen (secondary N) is 1. The molecule has 1 aromatic carbocycles. The number of hydrogen-bond donors (Lipinski definition) is 1. The molecule has 31 heavy (non-hydrogen) atoms. The first-order valence-electron chi connectivity index (χ1n) is 9.96. The normalized spacial score (nSPS) is 11.0. The van der Waals surface area contributed by atoms with Crippen molar-refractivity contribution in [3.05, 3.63) is 65.6 Å². The van der Waals surface area contributed by atoms with E-state index in [1.807, 2.05) is 67.2 Å². The number of methoxy groups -OCH3 is 2. The van der Waals surface area contributed by atoms with E-state index >= 15 is 0 Å². The fourth-order valence-corrected chi connectivity index (χ4v) is 3.74. The van der Waals surface area contributed by atoms with Gasteiger partial charge in [-0.1, -0.05) is 12.1 Å². The summed E-state index contributed by atoms with van der Waals surface area (Å²) >= 11 is 0. The summed E-state index contributed by atoms with van der Waals surface area (Å²) in [5, 5.41) is 8.58. The van der Waals surface area contributed by atoms with E-state index in [9.17, 15) is 4.79 Å². The number of carbonyl (C=O) groups is 1. The lowest BCUT2D eigenvalue weighted by Crippen LogP contribution is -2.28. The lowest BCUT2D eigenvalue weighted by Gasteiger charge is -2.13. The Morgan fingerprint density at radius 1 is 1.10 bits per heavy atom. The molecule has 0 aliphatic carbocycles. The topological polar surface area (TPSA) is 83.2 Å². The van der Waals surface area contributed by atoms with Crippen molar-refractivity contribution in [3.8, 4) is 17.3 Å². The minimum atomic E-state index is -0.172. The maximum Gasteiger partial charge on any atom is 0.242 e. The van der Waals surface area contributed by atoms with Crippen LogP contribution in [0.2, 0.25) is 0 Å². The van der Waals surface area contributed by atoms with Crippen molar-refractivity contribution in [3.63, 3.8) is 0 Å². The van der Waals surface area contributed by atoms with Gasteiger partial charge >= 0.3 is 0 Å². The predicted octanol–water partition coefficient (Wildman–Crippen LogP) is 3.17. The van der Waals surface area contributed by atoms with Crippen LogP contribution in [0.3, 0.4) is 0 Å². The second kappa shape index (κ2) is 8.51. The van der Waals surface area contributed by atoms with Gasteiger partial charge in [0.25, 0.3) is 0 Å². The zero-order valence-corrected chi connectivity index (χ0v) is 18.0. The Morgan fingerprint density at radius 2 is 1.87 bits per heavy atom. The molecule has 160 valence electrons. The van der Waals surface area contributed by atoms with Gasteiger partial charge in [-0.3, -0.25) is 4.79 Å². The van der Waals surface area contributed by atoms with Crippen molar-refractivity contribution in [2.24, 2.45) is 0 Å². The highest BCUT2D eigenvalue weighted by molar-refractivity contribution is 5.88. The maximum atomic E-state index is 12.8. The summed E-state index contributed by atoms with van der Waals surface area (Å²) in [5.74, 6) is 1.82. The standard InChI is InChI=1S/C23H25N5O3/c1-15-12-16(2)25-22-20(15)23(27-10-5-6-11-27)26-28(22)14-19(29)24-13-17-8-7-9-18(30-3)21(17)31-4/h5-12H,13-14H2,1-4H3,(H,24,29). The molecule has 0 radical (unpaired) electrons. The highest BCUT2D eigenvalue weighted by Gasteiger charge is 2.18. The summed E-state index contributed by atoms with van der Waals surface area (Å²) in [6.07, 6.45) is 3.86. The molecule has 0 fully saturated rings. The molecule has 8 nitrogen and oxygen atoms in total. The van der Waals surface area contributed by atoms with Crippen LogP contribution in [0.5, 0.6) is 11.5 Å². The van der Waals surface area contributed by atoms with Crippen LogP contribution in [-0.2, 0) is 17.9 Å². The summed E-state index contributed by atoms with van der Waals surface area (Å²) in [5.41, 5.74) is 3.47. The molecule has 0 atom stereocenters. The molecule has 0 unspecified atom stereocenters. The Kier molecular flexibility index (Phi) is 5.62. The number of rotatable bonds is 7. The lowest BCUT2D eigenvalue weighted by molar-refractivity contribution is -0.121. The van der Waals surface area contributed by atoms with Gasteiger partial charge < -0.3 is 19.4 Å². The van der Waals surface area contributed by atoms with Crippen LogP contribution in [-0.4, -0.2) is 39.5 Å². The summed E-state index contributed by atoms with van der Waals surface area (Å²) in [6, 6.07) is 11.5. The lowest BCUT2D eigenvalue weighted by atomic mass is 10.1. The number of benzene rings is 1. The largest absolute Gasteiger partial charge is 0.493 e. The molecule has 1 N–H and O–H groups in total. The van der Waals surface area contributed by atoms with E-state index in [-0.39, 0.29) is 12.5 Å². The molecule has 3 heterocycles. The minimum absolute atomic E-state index is 0.0555. The molecule has 0 aliphatic heterocycles. The molecule has 3 aromatic heterocycles. The van der Waals surface area contributed by atoms with Crippen LogP contribution in [0.4, 0.5) is 0 Å². The summed E-state index contributed by atoms with van der Waals surface area (Å²) in [4.78, 5) is 17.4. The van der Waals surface area contributed by atoms with E-state index < -0.39 is 0 Å². The molecular weight excluding hydrogens is 394 g/mol. The van der Waals surface area contributed by atoms with Crippen molar-refractivity contribution in [2.45, 2.75) is 26.9 Å². The monoisotopic (exact) mass is 419 g/mol. The van der Waals surface area contributed by atoms with Crippen LogP contribution in [0.1, 0.15) is 16.8 Å². The molecule has 4 rings (SSSR count). The van der Waals surface area contributed by atoms with Gasteiger partial charge in [0.1, 0.15) is 6.54 Å². The first kappa shape index (κ1) is 20.5. The van der Waals surface area contributed by atoms with Crippen molar-refractivity contribution in [1.82, 2.24) is 24.6 Å². The van der Waals surface area contributed by atoms with Gasteiger partial charge in [0.05, 0.1) is 19.6 Å². The van der Waals surface area contributed by atoms with Crippen LogP contribution >= 0.6 is 0 Å². The third-order valence-corrected chi connectivity index (χ3v) is 5.11. The molecule has 0 bridgehead atoms. The summed E-state index contributed by atoms with van der Waals surface area (Å²) in [7, 11) is 3.17. The molecule has 0 saturated heterocycles. The number of pyridine rings is 1. The quantitative estimate of drug-likeness (QED) is 0.498. The van der Waals surface area contributed by atoms with Crippen molar-refractivity contribution >= 4 is 16.9 Å². The van der Waals surface area contributed by atoms with Crippen LogP contribution in [0.15, 0.2) is 48.8 Å². The molecule has 4 aromatic rings. The van der Waals surface area contributed by atoms with Gasteiger partial charge in [-0.15, -0.1) is 0 Å². The number of aryl methyl sites for hydroxylation is 2. The number of para-hydroxylation sites is 1. The smallest absolute Gasteiger partial charge is 0.242 e. The number of nitrogens with zero attached hydrogens (tertiary/aromatic N) is 4. The average Bonchev–Trinajstić information content (AvgIpc) is 3.40. The molecule has 1 amide bonds. The highest BCUT2D eigenvalue weighted by Crippen LogP contribution is 2.30. The Bertz CT molecular complexity index is 1230. The Labute approximate surface area is 180 Å². The Balaban J connectivity index is 1.60. The second-order valence-corrected chi connectivity index (χ2v) is 7.28. The highest BCUT2D eigenvalue weighted by atomic mass is 16.5. The zero-order valence-electron chi connectivity index (χ0n) is 18.0. The summed E-state index contributed by atoms with van der Waals surface area (Å²) < 4.78 is 14.4. The van der Waals surface area contributed by atoms with Gasteiger partial charge in [-0.25, -0.2) is 9.67 Å².